The van der Waals surface area contributed by atoms with Crippen LogP contribution < -0.4 is 5.73 Å². The number of aromatic nitrogens is 1. The number of anilines is 1. The number of rotatable bonds is 2. The van der Waals surface area contributed by atoms with Crippen molar-refractivity contribution >= 4 is 16.6 Å². The second-order valence-corrected chi connectivity index (χ2v) is 4.65. The third-order valence-corrected chi connectivity index (χ3v) is 3.33. The number of halogens is 1. The molecule has 1 aromatic heterocycles. The van der Waals surface area contributed by atoms with Crippen LogP contribution in [0.1, 0.15) is 11.1 Å². The molecule has 0 aliphatic carbocycles. The van der Waals surface area contributed by atoms with Gasteiger partial charge in [-0.1, -0.05) is 12.1 Å². The Hall–Kier alpha value is -2.80. The van der Waals surface area contributed by atoms with E-state index >= 15 is 0 Å². The van der Waals surface area contributed by atoms with E-state index in [4.69, 9.17) is 11.0 Å². The molecular weight excluding hydrogens is 253 g/mol. The molecule has 3 aromatic rings. The zero-order valence-electron chi connectivity index (χ0n) is 10.7. The van der Waals surface area contributed by atoms with Gasteiger partial charge in [-0.25, -0.2) is 4.39 Å². The van der Waals surface area contributed by atoms with Gasteiger partial charge in [-0.3, -0.25) is 0 Å². The van der Waals surface area contributed by atoms with Crippen LogP contribution in [0, 0.1) is 17.1 Å². The Balaban J connectivity index is 2.04. The fourth-order valence-electron chi connectivity index (χ4n) is 2.33. The van der Waals surface area contributed by atoms with E-state index in [0.29, 0.717) is 17.8 Å². The molecule has 0 saturated carbocycles. The highest BCUT2D eigenvalue weighted by atomic mass is 19.1. The van der Waals surface area contributed by atoms with Crippen LogP contribution in [0.2, 0.25) is 0 Å². The molecule has 3 nitrogen and oxygen atoms in total. The van der Waals surface area contributed by atoms with E-state index in [1.165, 1.54) is 6.07 Å². The fraction of sp³-hybridized carbons (Fsp3) is 0.0625. The highest BCUT2D eigenvalue weighted by molar-refractivity contribution is 5.83. The Kier molecular flexibility index (Phi) is 2.88. The van der Waals surface area contributed by atoms with Gasteiger partial charge in [0, 0.05) is 28.4 Å². The molecule has 0 spiro atoms. The van der Waals surface area contributed by atoms with Crippen LogP contribution in [-0.2, 0) is 6.54 Å². The van der Waals surface area contributed by atoms with Crippen LogP contribution in [0.4, 0.5) is 10.1 Å². The van der Waals surface area contributed by atoms with Gasteiger partial charge in [-0.05, 0) is 30.3 Å². The summed E-state index contributed by atoms with van der Waals surface area (Å²) < 4.78 is 16.0. The van der Waals surface area contributed by atoms with Gasteiger partial charge in [0.25, 0.3) is 0 Å². The Morgan fingerprint density at radius 2 is 2.05 bits per heavy atom. The zero-order valence-corrected chi connectivity index (χ0v) is 10.7. The van der Waals surface area contributed by atoms with Crippen molar-refractivity contribution < 1.29 is 4.39 Å². The molecule has 0 aliphatic rings. The van der Waals surface area contributed by atoms with Crippen molar-refractivity contribution in [1.82, 2.24) is 4.57 Å². The van der Waals surface area contributed by atoms with Gasteiger partial charge < -0.3 is 10.3 Å². The number of nitrogens with two attached hydrogens (primary N) is 1. The predicted molar refractivity (Wildman–Crippen MR) is 76.6 cm³/mol. The predicted octanol–water partition coefficient (Wildman–Crippen LogP) is 3.28. The van der Waals surface area contributed by atoms with Crippen LogP contribution in [0.3, 0.4) is 0 Å². The molecule has 0 unspecified atom stereocenters. The number of benzene rings is 2. The van der Waals surface area contributed by atoms with Gasteiger partial charge in [-0.15, -0.1) is 0 Å². The van der Waals surface area contributed by atoms with E-state index in [9.17, 15) is 4.39 Å². The Morgan fingerprint density at radius 1 is 1.20 bits per heavy atom. The molecule has 4 heteroatoms. The first-order chi connectivity index (χ1) is 9.69. The molecule has 1 heterocycles. The molecule has 0 aliphatic heterocycles. The third kappa shape index (κ3) is 1.99. The second kappa shape index (κ2) is 4.71. The maximum atomic E-state index is 14.1. The average Bonchev–Trinajstić information content (AvgIpc) is 2.83. The van der Waals surface area contributed by atoms with E-state index in [0.717, 1.165) is 10.9 Å². The first-order valence-corrected chi connectivity index (χ1v) is 6.21. The van der Waals surface area contributed by atoms with E-state index in [1.54, 1.807) is 12.1 Å². The van der Waals surface area contributed by atoms with Crippen molar-refractivity contribution in [2.75, 3.05) is 5.73 Å². The molecule has 0 saturated heterocycles. The minimum Gasteiger partial charge on any atom is -0.399 e. The third-order valence-electron chi connectivity index (χ3n) is 3.33. The van der Waals surface area contributed by atoms with Gasteiger partial charge in [0.15, 0.2) is 0 Å². The molecule has 0 atom stereocenters. The van der Waals surface area contributed by atoms with Crippen molar-refractivity contribution in [3.63, 3.8) is 0 Å². The number of hydrogen-bond donors (Lipinski definition) is 1. The van der Waals surface area contributed by atoms with Gasteiger partial charge in [0.05, 0.1) is 12.1 Å². The first-order valence-electron chi connectivity index (χ1n) is 6.21. The minimum absolute atomic E-state index is 0.0724. The molecule has 2 N–H and O–H groups in total. The Labute approximate surface area is 115 Å². The summed E-state index contributed by atoms with van der Waals surface area (Å²) in [4.78, 5) is 0. The van der Waals surface area contributed by atoms with E-state index < -0.39 is 5.82 Å². The molecule has 0 fully saturated rings. The standard InChI is InChI=1S/C16H12FN3/c17-16-12(9-18)2-1-3-13(16)10-20-7-6-11-8-14(19)4-5-15(11)20/h1-8H,10,19H2. The molecule has 0 amide bonds. The largest absolute Gasteiger partial charge is 0.399 e. The normalized spacial score (nSPS) is 10.6. The summed E-state index contributed by atoms with van der Waals surface area (Å²) in [5.41, 5.74) is 8.00. The lowest BCUT2D eigenvalue weighted by atomic mass is 10.1. The highest BCUT2D eigenvalue weighted by Gasteiger charge is 2.09. The molecule has 2 aromatic carbocycles. The van der Waals surface area contributed by atoms with Gasteiger partial charge in [0.2, 0.25) is 0 Å². The van der Waals surface area contributed by atoms with Crippen molar-refractivity contribution in [3.8, 4) is 6.07 Å². The van der Waals surface area contributed by atoms with Gasteiger partial charge >= 0.3 is 0 Å². The number of hydrogen-bond acceptors (Lipinski definition) is 2. The lowest BCUT2D eigenvalue weighted by molar-refractivity contribution is 0.598. The van der Waals surface area contributed by atoms with Crippen molar-refractivity contribution in [2.45, 2.75) is 6.54 Å². The minimum atomic E-state index is -0.452. The van der Waals surface area contributed by atoms with Crippen molar-refractivity contribution in [3.05, 3.63) is 65.6 Å². The lowest BCUT2D eigenvalue weighted by Gasteiger charge is -2.08. The quantitative estimate of drug-likeness (QED) is 0.723. The van der Waals surface area contributed by atoms with Gasteiger partial charge in [-0.2, -0.15) is 5.26 Å². The highest BCUT2D eigenvalue weighted by Crippen LogP contribution is 2.21. The molecule has 0 radical (unpaired) electrons. The molecule has 20 heavy (non-hydrogen) atoms. The second-order valence-electron chi connectivity index (χ2n) is 4.65. The number of nitrogen functional groups attached to an aromatic ring is 1. The number of nitriles is 1. The molecule has 98 valence electrons. The smallest absolute Gasteiger partial charge is 0.145 e. The van der Waals surface area contributed by atoms with Crippen LogP contribution >= 0.6 is 0 Å². The van der Waals surface area contributed by atoms with Crippen LogP contribution in [0.25, 0.3) is 10.9 Å². The number of fused-ring (bicyclic) bond motifs is 1. The summed E-state index contributed by atoms with van der Waals surface area (Å²) in [5.74, 6) is -0.452. The summed E-state index contributed by atoms with van der Waals surface area (Å²) in [6, 6.07) is 14.3. The Bertz CT molecular complexity index is 827. The lowest BCUT2D eigenvalue weighted by Crippen LogP contribution is -2.02. The van der Waals surface area contributed by atoms with Gasteiger partial charge in [0.1, 0.15) is 11.9 Å². The van der Waals surface area contributed by atoms with E-state index in [1.807, 2.05) is 41.1 Å². The molecule has 3 rings (SSSR count). The summed E-state index contributed by atoms with van der Waals surface area (Å²) >= 11 is 0. The maximum absolute atomic E-state index is 14.1. The molecule has 0 bridgehead atoms. The van der Waals surface area contributed by atoms with Crippen molar-refractivity contribution in [2.24, 2.45) is 0 Å². The van der Waals surface area contributed by atoms with E-state index in [2.05, 4.69) is 0 Å². The summed E-state index contributed by atoms with van der Waals surface area (Å²) in [7, 11) is 0. The Morgan fingerprint density at radius 3 is 2.85 bits per heavy atom. The fourth-order valence-corrected chi connectivity index (χ4v) is 2.33. The monoisotopic (exact) mass is 265 g/mol. The van der Waals surface area contributed by atoms with Crippen LogP contribution in [0.15, 0.2) is 48.7 Å². The number of nitrogens with zero attached hydrogens (tertiary/aromatic N) is 2. The average molecular weight is 265 g/mol. The summed E-state index contributed by atoms with van der Waals surface area (Å²) in [5, 5.41) is 9.88. The van der Waals surface area contributed by atoms with Crippen LogP contribution in [-0.4, -0.2) is 4.57 Å². The zero-order chi connectivity index (χ0) is 14.1. The van der Waals surface area contributed by atoms with Crippen molar-refractivity contribution in [1.29, 1.82) is 5.26 Å². The van der Waals surface area contributed by atoms with E-state index in [-0.39, 0.29) is 5.56 Å². The summed E-state index contributed by atoms with van der Waals surface area (Å²) in [6.45, 7) is 0.384. The SMILES string of the molecule is N#Cc1cccc(Cn2ccc3cc(N)ccc32)c1F. The summed E-state index contributed by atoms with van der Waals surface area (Å²) in [6.07, 6.45) is 1.89. The van der Waals surface area contributed by atoms with Crippen LogP contribution in [0.5, 0.6) is 0 Å². The first kappa shape index (κ1) is 12.2. The molecular formula is C16H12FN3. The topological polar surface area (TPSA) is 54.7 Å². The maximum Gasteiger partial charge on any atom is 0.145 e.